The summed E-state index contributed by atoms with van der Waals surface area (Å²) >= 11 is 0. The zero-order valence-electron chi connectivity index (χ0n) is 11.9. The average molecular weight is 253 g/mol. The van der Waals surface area contributed by atoms with Crippen molar-refractivity contribution in [2.45, 2.75) is 53.0 Å². The van der Waals surface area contributed by atoms with Crippen molar-refractivity contribution < 1.29 is 14.7 Å². The molecule has 0 heterocycles. The van der Waals surface area contributed by atoms with E-state index in [-0.39, 0.29) is 5.41 Å². The van der Waals surface area contributed by atoms with Gasteiger partial charge in [-0.15, -0.1) is 12.3 Å². The van der Waals surface area contributed by atoms with Crippen LogP contribution in [-0.2, 0) is 9.59 Å². The van der Waals surface area contributed by atoms with E-state index in [0.29, 0.717) is 19.4 Å². The van der Waals surface area contributed by atoms with Crippen LogP contribution in [0.25, 0.3) is 0 Å². The molecule has 0 aromatic heterocycles. The highest BCUT2D eigenvalue weighted by Crippen LogP contribution is 2.26. The summed E-state index contributed by atoms with van der Waals surface area (Å²) in [6, 6.07) is 0. The van der Waals surface area contributed by atoms with Gasteiger partial charge < -0.3 is 10.0 Å². The molecule has 1 N–H and O–H groups in total. The number of carbonyl (C=O) groups excluding carboxylic acids is 1. The molecule has 1 amide bonds. The average Bonchev–Trinajstić information content (AvgIpc) is 2.14. The number of terminal acetylenes is 1. The smallest absolute Gasteiger partial charge is 0.394 e. The minimum Gasteiger partial charge on any atom is -0.474 e. The van der Waals surface area contributed by atoms with Gasteiger partial charge in [0, 0.05) is 18.5 Å². The Balaban J connectivity index is 4.80. The van der Waals surface area contributed by atoms with Crippen molar-refractivity contribution in [2.75, 3.05) is 6.54 Å². The number of hydrogen-bond donors (Lipinski definition) is 1. The van der Waals surface area contributed by atoms with Gasteiger partial charge in [0.05, 0.1) is 0 Å². The van der Waals surface area contributed by atoms with E-state index in [9.17, 15) is 9.59 Å². The number of nitrogens with zero attached hydrogens (tertiary/aromatic N) is 1. The first kappa shape index (κ1) is 16.5. The summed E-state index contributed by atoms with van der Waals surface area (Å²) in [6.07, 6.45) is 6.57. The van der Waals surface area contributed by atoms with Gasteiger partial charge >= 0.3 is 11.9 Å². The summed E-state index contributed by atoms with van der Waals surface area (Å²) < 4.78 is 0. The van der Waals surface area contributed by atoms with E-state index in [1.807, 2.05) is 34.6 Å². The zero-order chi connectivity index (χ0) is 14.6. The third-order valence-corrected chi connectivity index (χ3v) is 2.83. The first-order valence-corrected chi connectivity index (χ1v) is 5.99. The van der Waals surface area contributed by atoms with Gasteiger partial charge in [-0.2, -0.15) is 0 Å². The number of aliphatic carboxylic acids is 1. The standard InChI is InChI=1S/C14H23NO3/c1-7-8-14(5,6)9-10-15(13(2,3)4)11(16)12(17)18/h1H,8-10H2,2-6H3,(H,17,18). The van der Waals surface area contributed by atoms with E-state index in [2.05, 4.69) is 5.92 Å². The van der Waals surface area contributed by atoms with Gasteiger partial charge in [-0.1, -0.05) is 13.8 Å². The lowest BCUT2D eigenvalue weighted by molar-refractivity contribution is -0.159. The molecule has 0 bridgehead atoms. The van der Waals surface area contributed by atoms with Crippen molar-refractivity contribution >= 4 is 11.9 Å². The van der Waals surface area contributed by atoms with Crippen LogP contribution in [0.5, 0.6) is 0 Å². The molecule has 0 aliphatic carbocycles. The van der Waals surface area contributed by atoms with Crippen LogP contribution >= 0.6 is 0 Å². The molecular weight excluding hydrogens is 230 g/mol. The molecule has 0 rings (SSSR count). The molecule has 4 nitrogen and oxygen atoms in total. The Morgan fingerprint density at radius 2 is 1.72 bits per heavy atom. The second-order valence-corrected chi connectivity index (χ2v) is 6.23. The van der Waals surface area contributed by atoms with Gasteiger partial charge in [-0.3, -0.25) is 4.79 Å². The largest absolute Gasteiger partial charge is 0.474 e. The van der Waals surface area contributed by atoms with Crippen LogP contribution in [0, 0.1) is 17.8 Å². The summed E-state index contributed by atoms with van der Waals surface area (Å²) in [4.78, 5) is 23.8. The minimum absolute atomic E-state index is 0.100. The van der Waals surface area contributed by atoms with Crippen LogP contribution in [0.2, 0.25) is 0 Å². The lowest BCUT2D eigenvalue weighted by Crippen LogP contribution is -2.49. The molecule has 0 saturated heterocycles. The second kappa shape index (κ2) is 5.90. The molecular formula is C14H23NO3. The number of carbonyl (C=O) groups is 2. The Bertz CT molecular complexity index is 358. The fourth-order valence-electron chi connectivity index (χ4n) is 1.64. The molecule has 0 radical (unpaired) electrons. The quantitative estimate of drug-likeness (QED) is 0.617. The molecule has 0 spiro atoms. The highest BCUT2D eigenvalue weighted by molar-refractivity contribution is 6.31. The van der Waals surface area contributed by atoms with Gasteiger partial charge in [0.25, 0.3) is 0 Å². The van der Waals surface area contributed by atoms with E-state index in [1.54, 1.807) is 0 Å². The van der Waals surface area contributed by atoms with E-state index in [1.165, 1.54) is 4.90 Å². The summed E-state index contributed by atoms with van der Waals surface area (Å²) in [5, 5.41) is 8.82. The van der Waals surface area contributed by atoms with Crippen LogP contribution in [0.4, 0.5) is 0 Å². The van der Waals surface area contributed by atoms with Crippen LogP contribution in [0.3, 0.4) is 0 Å². The molecule has 0 saturated carbocycles. The van der Waals surface area contributed by atoms with Crippen LogP contribution in [-0.4, -0.2) is 34.0 Å². The Morgan fingerprint density at radius 1 is 1.22 bits per heavy atom. The number of rotatable bonds is 4. The second-order valence-electron chi connectivity index (χ2n) is 6.23. The number of hydrogen-bond acceptors (Lipinski definition) is 2. The molecule has 0 unspecified atom stereocenters. The Labute approximate surface area is 109 Å². The van der Waals surface area contributed by atoms with Crippen molar-refractivity contribution in [2.24, 2.45) is 5.41 Å². The van der Waals surface area contributed by atoms with Gasteiger partial charge in [0.2, 0.25) is 0 Å². The molecule has 0 fully saturated rings. The molecule has 0 aromatic rings. The maximum Gasteiger partial charge on any atom is 0.394 e. The Kier molecular flexibility index (Phi) is 5.41. The lowest BCUT2D eigenvalue weighted by atomic mass is 9.85. The Hall–Kier alpha value is -1.50. The van der Waals surface area contributed by atoms with E-state index in [0.717, 1.165) is 0 Å². The minimum atomic E-state index is -1.42. The molecule has 0 aliphatic rings. The molecule has 0 atom stereocenters. The third-order valence-electron chi connectivity index (χ3n) is 2.83. The predicted molar refractivity (Wildman–Crippen MR) is 70.9 cm³/mol. The van der Waals surface area contributed by atoms with Crippen LogP contribution in [0.1, 0.15) is 47.5 Å². The fraction of sp³-hybridized carbons (Fsp3) is 0.714. The lowest BCUT2D eigenvalue weighted by Gasteiger charge is -2.36. The van der Waals surface area contributed by atoms with Crippen molar-refractivity contribution in [3.63, 3.8) is 0 Å². The topological polar surface area (TPSA) is 57.6 Å². The third kappa shape index (κ3) is 5.22. The predicted octanol–water partition coefficient (Wildman–Crippen LogP) is 2.14. The van der Waals surface area contributed by atoms with Crippen LogP contribution < -0.4 is 0 Å². The number of carboxylic acid groups (broad SMARTS) is 1. The highest BCUT2D eigenvalue weighted by atomic mass is 16.4. The van der Waals surface area contributed by atoms with Gasteiger partial charge in [-0.05, 0) is 32.6 Å². The summed E-state index contributed by atoms with van der Waals surface area (Å²) in [5.41, 5.74) is -0.612. The molecule has 102 valence electrons. The maximum atomic E-state index is 11.7. The highest BCUT2D eigenvalue weighted by Gasteiger charge is 2.32. The van der Waals surface area contributed by atoms with Crippen molar-refractivity contribution in [3.05, 3.63) is 0 Å². The Morgan fingerprint density at radius 3 is 2.06 bits per heavy atom. The number of carboxylic acids is 1. The summed E-state index contributed by atoms with van der Waals surface area (Å²) in [7, 11) is 0. The van der Waals surface area contributed by atoms with E-state index in [4.69, 9.17) is 11.5 Å². The SMILES string of the molecule is C#CCC(C)(C)CCN(C(=O)C(=O)O)C(C)(C)C. The fourth-order valence-corrected chi connectivity index (χ4v) is 1.64. The molecule has 0 aromatic carbocycles. The zero-order valence-corrected chi connectivity index (χ0v) is 11.9. The van der Waals surface area contributed by atoms with E-state index >= 15 is 0 Å². The summed E-state index contributed by atoms with van der Waals surface area (Å²) in [6.45, 7) is 9.88. The van der Waals surface area contributed by atoms with Gasteiger partial charge in [-0.25, -0.2) is 4.79 Å². The first-order valence-electron chi connectivity index (χ1n) is 5.99. The number of amides is 1. The van der Waals surface area contributed by atoms with Crippen LogP contribution in [0.15, 0.2) is 0 Å². The normalized spacial score (nSPS) is 11.8. The van der Waals surface area contributed by atoms with E-state index < -0.39 is 17.4 Å². The molecule has 4 heteroatoms. The maximum absolute atomic E-state index is 11.7. The summed E-state index contributed by atoms with van der Waals surface area (Å²) in [5.74, 6) is 0.324. The van der Waals surface area contributed by atoms with Gasteiger partial charge in [0.1, 0.15) is 0 Å². The van der Waals surface area contributed by atoms with Gasteiger partial charge in [0.15, 0.2) is 0 Å². The van der Waals surface area contributed by atoms with Crippen molar-refractivity contribution in [3.8, 4) is 12.3 Å². The monoisotopic (exact) mass is 253 g/mol. The van der Waals surface area contributed by atoms with Crippen molar-refractivity contribution in [1.82, 2.24) is 4.90 Å². The van der Waals surface area contributed by atoms with Crippen molar-refractivity contribution in [1.29, 1.82) is 0 Å². The molecule has 0 aliphatic heterocycles. The first-order chi connectivity index (χ1) is 8.01. The molecule has 18 heavy (non-hydrogen) atoms.